The Hall–Kier alpha value is -3.17. The standard InChI is InChI=1S/C26H24ClNO2/c1-2-29-26-16-19(17-28-23-13-11-22(27)12-14-23)10-15-25(26)30-18-21-8-5-7-20-6-3-4-9-24(20)21/h3-16,28H,2,17-18H2,1H3. The van der Waals surface area contributed by atoms with E-state index in [1.54, 1.807) is 0 Å². The Bertz CT molecular complexity index is 1120. The Kier molecular flexibility index (Phi) is 6.41. The van der Waals surface area contributed by atoms with E-state index in [9.17, 15) is 0 Å². The minimum Gasteiger partial charge on any atom is -0.490 e. The maximum Gasteiger partial charge on any atom is 0.161 e. The number of anilines is 1. The van der Waals surface area contributed by atoms with Gasteiger partial charge in [0.15, 0.2) is 11.5 Å². The van der Waals surface area contributed by atoms with Crippen LogP contribution >= 0.6 is 11.6 Å². The highest BCUT2D eigenvalue weighted by Gasteiger charge is 2.09. The molecule has 3 nitrogen and oxygen atoms in total. The lowest BCUT2D eigenvalue weighted by Crippen LogP contribution is -2.03. The zero-order valence-electron chi connectivity index (χ0n) is 16.9. The van der Waals surface area contributed by atoms with Gasteiger partial charge in [0.2, 0.25) is 0 Å². The van der Waals surface area contributed by atoms with Gasteiger partial charge in [-0.3, -0.25) is 0 Å². The third kappa shape index (κ3) is 4.87. The van der Waals surface area contributed by atoms with Crippen molar-refractivity contribution in [1.29, 1.82) is 0 Å². The lowest BCUT2D eigenvalue weighted by atomic mass is 10.1. The van der Waals surface area contributed by atoms with Crippen molar-refractivity contribution in [3.05, 3.63) is 101 Å². The normalized spacial score (nSPS) is 10.7. The molecule has 0 aromatic heterocycles. The predicted octanol–water partition coefficient (Wildman–Crippen LogP) is 7.08. The van der Waals surface area contributed by atoms with Gasteiger partial charge in [-0.2, -0.15) is 0 Å². The van der Waals surface area contributed by atoms with Crippen molar-refractivity contribution < 1.29 is 9.47 Å². The van der Waals surface area contributed by atoms with E-state index in [2.05, 4.69) is 53.8 Å². The van der Waals surface area contributed by atoms with Crippen LogP contribution in [0.4, 0.5) is 5.69 Å². The highest BCUT2D eigenvalue weighted by Crippen LogP contribution is 2.30. The minimum atomic E-state index is 0.490. The quantitative estimate of drug-likeness (QED) is 0.332. The van der Waals surface area contributed by atoms with Gasteiger partial charge in [-0.1, -0.05) is 60.1 Å². The molecule has 4 aromatic carbocycles. The number of hydrogen-bond acceptors (Lipinski definition) is 3. The minimum absolute atomic E-state index is 0.490. The number of ether oxygens (including phenoxy) is 2. The van der Waals surface area contributed by atoms with Crippen molar-refractivity contribution in [3.63, 3.8) is 0 Å². The highest BCUT2D eigenvalue weighted by atomic mass is 35.5. The SMILES string of the molecule is CCOc1cc(CNc2ccc(Cl)cc2)ccc1OCc1cccc2ccccc12. The van der Waals surface area contributed by atoms with E-state index in [0.717, 1.165) is 33.3 Å². The Morgan fingerprint density at radius 1 is 0.800 bits per heavy atom. The number of nitrogens with one attached hydrogen (secondary N) is 1. The van der Waals surface area contributed by atoms with Crippen LogP contribution in [-0.4, -0.2) is 6.61 Å². The smallest absolute Gasteiger partial charge is 0.161 e. The summed E-state index contributed by atoms with van der Waals surface area (Å²) in [6.45, 7) is 3.74. The van der Waals surface area contributed by atoms with Crippen LogP contribution < -0.4 is 14.8 Å². The molecule has 4 rings (SSSR count). The van der Waals surface area contributed by atoms with Gasteiger partial charge in [0.25, 0.3) is 0 Å². The molecule has 0 aliphatic carbocycles. The van der Waals surface area contributed by atoms with Crippen LogP contribution in [0, 0.1) is 0 Å². The second-order valence-electron chi connectivity index (χ2n) is 7.00. The van der Waals surface area contributed by atoms with Crippen LogP contribution in [0.25, 0.3) is 10.8 Å². The van der Waals surface area contributed by atoms with E-state index >= 15 is 0 Å². The average Bonchev–Trinajstić information content (AvgIpc) is 2.78. The zero-order valence-corrected chi connectivity index (χ0v) is 17.7. The second-order valence-corrected chi connectivity index (χ2v) is 7.44. The van der Waals surface area contributed by atoms with Crippen molar-refractivity contribution in [3.8, 4) is 11.5 Å². The van der Waals surface area contributed by atoms with Gasteiger partial charge in [0.05, 0.1) is 6.61 Å². The van der Waals surface area contributed by atoms with Crippen LogP contribution in [0.3, 0.4) is 0 Å². The Morgan fingerprint density at radius 2 is 1.60 bits per heavy atom. The van der Waals surface area contributed by atoms with Crippen molar-refractivity contribution >= 4 is 28.1 Å². The van der Waals surface area contributed by atoms with Crippen molar-refractivity contribution in [2.24, 2.45) is 0 Å². The van der Waals surface area contributed by atoms with Gasteiger partial charge < -0.3 is 14.8 Å². The van der Waals surface area contributed by atoms with Crippen molar-refractivity contribution in [2.45, 2.75) is 20.1 Å². The summed E-state index contributed by atoms with van der Waals surface area (Å²) in [6.07, 6.45) is 0. The van der Waals surface area contributed by atoms with E-state index < -0.39 is 0 Å². The van der Waals surface area contributed by atoms with Gasteiger partial charge in [-0.25, -0.2) is 0 Å². The first-order valence-electron chi connectivity index (χ1n) is 10.1. The highest BCUT2D eigenvalue weighted by molar-refractivity contribution is 6.30. The fraction of sp³-hybridized carbons (Fsp3) is 0.154. The molecule has 0 aliphatic rings. The lowest BCUT2D eigenvalue weighted by Gasteiger charge is -2.15. The molecule has 0 atom stereocenters. The van der Waals surface area contributed by atoms with Crippen LogP contribution in [0.1, 0.15) is 18.1 Å². The molecule has 1 N–H and O–H groups in total. The summed E-state index contributed by atoms with van der Waals surface area (Å²) in [5.41, 5.74) is 3.29. The molecule has 0 saturated carbocycles. The fourth-order valence-electron chi connectivity index (χ4n) is 3.40. The molecule has 0 spiro atoms. The number of benzene rings is 4. The monoisotopic (exact) mass is 417 g/mol. The fourth-order valence-corrected chi connectivity index (χ4v) is 3.52. The molecule has 4 aromatic rings. The third-order valence-electron chi connectivity index (χ3n) is 4.91. The van der Waals surface area contributed by atoms with E-state index in [1.165, 1.54) is 10.8 Å². The molecular formula is C26H24ClNO2. The number of fused-ring (bicyclic) bond motifs is 1. The summed E-state index contributed by atoms with van der Waals surface area (Å²) in [4.78, 5) is 0. The number of hydrogen-bond donors (Lipinski definition) is 1. The topological polar surface area (TPSA) is 30.5 Å². The van der Waals surface area contributed by atoms with E-state index in [1.807, 2.05) is 43.3 Å². The molecule has 152 valence electrons. The maximum atomic E-state index is 6.15. The Labute approximate surface area is 182 Å². The summed E-state index contributed by atoms with van der Waals surface area (Å²) >= 11 is 5.95. The molecule has 0 bridgehead atoms. The van der Waals surface area contributed by atoms with Gasteiger partial charge in [-0.15, -0.1) is 0 Å². The molecule has 0 saturated heterocycles. The van der Waals surface area contributed by atoms with Gasteiger partial charge >= 0.3 is 0 Å². The molecule has 0 radical (unpaired) electrons. The third-order valence-corrected chi connectivity index (χ3v) is 5.16. The van der Waals surface area contributed by atoms with E-state index in [0.29, 0.717) is 19.8 Å². The van der Waals surface area contributed by atoms with Crippen LogP contribution in [-0.2, 0) is 13.2 Å². The average molecular weight is 418 g/mol. The van der Waals surface area contributed by atoms with Crippen LogP contribution in [0.5, 0.6) is 11.5 Å². The van der Waals surface area contributed by atoms with Crippen LogP contribution in [0.15, 0.2) is 84.9 Å². The summed E-state index contributed by atoms with van der Waals surface area (Å²) in [6, 6.07) is 28.4. The summed E-state index contributed by atoms with van der Waals surface area (Å²) in [5.74, 6) is 1.51. The molecule has 0 aliphatic heterocycles. The molecule has 4 heteroatoms. The van der Waals surface area contributed by atoms with Crippen molar-refractivity contribution in [1.82, 2.24) is 0 Å². The second kappa shape index (κ2) is 9.55. The summed E-state index contributed by atoms with van der Waals surface area (Å²) in [7, 11) is 0. The van der Waals surface area contributed by atoms with Gasteiger partial charge in [-0.05, 0) is 65.2 Å². The van der Waals surface area contributed by atoms with Gasteiger partial charge in [0.1, 0.15) is 6.61 Å². The van der Waals surface area contributed by atoms with E-state index in [-0.39, 0.29) is 0 Å². The number of halogens is 1. The molecule has 0 heterocycles. The summed E-state index contributed by atoms with van der Waals surface area (Å²) in [5, 5.41) is 6.55. The predicted molar refractivity (Wildman–Crippen MR) is 125 cm³/mol. The van der Waals surface area contributed by atoms with Crippen LogP contribution in [0.2, 0.25) is 5.02 Å². The van der Waals surface area contributed by atoms with Gasteiger partial charge in [0, 0.05) is 17.3 Å². The lowest BCUT2D eigenvalue weighted by molar-refractivity contribution is 0.270. The zero-order chi connectivity index (χ0) is 20.8. The summed E-state index contributed by atoms with van der Waals surface area (Å²) < 4.78 is 12.0. The molecule has 0 unspecified atom stereocenters. The first kappa shape index (κ1) is 20.1. The molecule has 0 amide bonds. The largest absolute Gasteiger partial charge is 0.490 e. The molecule has 0 fully saturated rings. The first-order valence-corrected chi connectivity index (χ1v) is 10.5. The van der Waals surface area contributed by atoms with Crippen molar-refractivity contribution in [2.75, 3.05) is 11.9 Å². The Morgan fingerprint density at radius 3 is 2.43 bits per heavy atom. The molecule has 30 heavy (non-hydrogen) atoms. The number of rotatable bonds is 8. The maximum absolute atomic E-state index is 6.15. The van der Waals surface area contributed by atoms with E-state index in [4.69, 9.17) is 21.1 Å². The molecular weight excluding hydrogens is 394 g/mol. The Balaban J connectivity index is 1.48. The first-order chi connectivity index (χ1) is 14.7.